The van der Waals surface area contributed by atoms with Crippen molar-refractivity contribution in [2.24, 2.45) is 12.5 Å². The number of aryl methyl sites for hydroxylation is 1. The third-order valence-electron chi connectivity index (χ3n) is 4.44. The second kappa shape index (κ2) is 5.27. The van der Waals surface area contributed by atoms with Crippen molar-refractivity contribution >= 4 is 5.78 Å². The first-order chi connectivity index (χ1) is 8.52. The summed E-state index contributed by atoms with van der Waals surface area (Å²) in [6.07, 6.45) is 7.50. The maximum atomic E-state index is 12.1. The van der Waals surface area contributed by atoms with Gasteiger partial charge in [0, 0.05) is 25.0 Å². The fraction of sp³-hybridized carbons (Fsp3) is 0.667. The van der Waals surface area contributed by atoms with E-state index in [0.29, 0.717) is 12.0 Å². The Morgan fingerprint density at radius 3 is 2.56 bits per heavy atom. The molecule has 1 aliphatic heterocycles. The van der Waals surface area contributed by atoms with Crippen molar-refractivity contribution < 1.29 is 4.79 Å². The highest BCUT2D eigenvalue weighted by molar-refractivity contribution is 5.97. The molecule has 3 heteroatoms. The molecule has 0 radical (unpaired) electrons. The SMILES string of the molecule is CCC1(C)CCN(CC(=O)c2ccn(C)c2)CC1. The van der Waals surface area contributed by atoms with Gasteiger partial charge in [-0.3, -0.25) is 9.69 Å². The molecule has 0 aromatic carbocycles. The molecule has 1 aliphatic rings. The van der Waals surface area contributed by atoms with E-state index in [2.05, 4.69) is 18.7 Å². The summed E-state index contributed by atoms with van der Waals surface area (Å²) in [5.74, 6) is 0.246. The average Bonchev–Trinajstić information content (AvgIpc) is 2.79. The van der Waals surface area contributed by atoms with E-state index >= 15 is 0 Å². The highest BCUT2D eigenvalue weighted by Crippen LogP contribution is 2.33. The largest absolute Gasteiger partial charge is 0.357 e. The van der Waals surface area contributed by atoms with Crippen molar-refractivity contribution in [2.45, 2.75) is 33.1 Å². The van der Waals surface area contributed by atoms with Crippen LogP contribution in [0.3, 0.4) is 0 Å². The Morgan fingerprint density at radius 2 is 2.06 bits per heavy atom. The summed E-state index contributed by atoms with van der Waals surface area (Å²) in [5, 5.41) is 0. The Balaban J connectivity index is 1.87. The van der Waals surface area contributed by atoms with Crippen molar-refractivity contribution in [1.29, 1.82) is 0 Å². The number of aromatic nitrogens is 1. The minimum absolute atomic E-state index is 0.246. The van der Waals surface area contributed by atoms with E-state index in [0.717, 1.165) is 18.7 Å². The lowest BCUT2D eigenvalue weighted by Crippen LogP contribution is -2.40. The Kier molecular flexibility index (Phi) is 3.91. The van der Waals surface area contributed by atoms with Crippen LogP contribution in [-0.4, -0.2) is 34.9 Å². The molecule has 0 aliphatic carbocycles. The third-order valence-corrected chi connectivity index (χ3v) is 4.44. The van der Waals surface area contributed by atoms with Gasteiger partial charge in [0.15, 0.2) is 5.78 Å². The summed E-state index contributed by atoms with van der Waals surface area (Å²) in [6, 6.07) is 1.91. The monoisotopic (exact) mass is 248 g/mol. The van der Waals surface area contributed by atoms with Gasteiger partial charge in [0.2, 0.25) is 0 Å². The molecule has 0 atom stereocenters. The molecule has 0 spiro atoms. The minimum atomic E-state index is 0.246. The summed E-state index contributed by atoms with van der Waals surface area (Å²) in [6.45, 7) is 7.32. The van der Waals surface area contributed by atoms with Crippen molar-refractivity contribution in [3.8, 4) is 0 Å². The summed E-state index contributed by atoms with van der Waals surface area (Å²) in [7, 11) is 1.95. The Labute approximate surface area is 110 Å². The Bertz CT molecular complexity index is 414. The van der Waals surface area contributed by atoms with Crippen LogP contribution in [0.25, 0.3) is 0 Å². The van der Waals surface area contributed by atoms with Crippen LogP contribution in [0.2, 0.25) is 0 Å². The number of carbonyl (C=O) groups excluding carboxylic acids is 1. The number of likely N-dealkylation sites (tertiary alicyclic amines) is 1. The number of hydrogen-bond acceptors (Lipinski definition) is 2. The van der Waals surface area contributed by atoms with Gasteiger partial charge in [-0.15, -0.1) is 0 Å². The van der Waals surface area contributed by atoms with Crippen LogP contribution in [0.5, 0.6) is 0 Å². The highest BCUT2D eigenvalue weighted by Gasteiger charge is 2.28. The highest BCUT2D eigenvalue weighted by atomic mass is 16.1. The van der Waals surface area contributed by atoms with Crippen LogP contribution in [0.15, 0.2) is 18.5 Å². The first kappa shape index (κ1) is 13.3. The van der Waals surface area contributed by atoms with Crippen molar-refractivity contribution in [3.63, 3.8) is 0 Å². The van der Waals surface area contributed by atoms with Crippen molar-refractivity contribution in [3.05, 3.63) is 24.0 Å². The second-order valence-electron chi connectivity index (χ2n) is 5.93. The summed E-state index contributed by atoms with van der Waals surface area (Å²) in [4.78, 5) is 14.4. The number of carbonyl (C=O) groups is 1. The molecule has 0 amide bonds. The number of Topliss-reactive ketones (excluding diaryl/α,β-unsaturated/α-hetero) is 1. The lowest BCUT2D eigenvalue weighted by molar-refractivity contribution is 0.0813. The summed E-state index contributed by atoms with van der Waals surface area (Å²) < 4.78 is 1.93. The second-order valence-corrected chi connectivity index (χ2v) is 5.93. The fourth-order valence-corrected chi connectivity index (χ4v) is 2.57. The van der Waals surface area contributed by atoms with Gasteiger partial charge in [-0.2, -0.15) is 0 Å². The van der Waals surface area contributed by atoms with Gasteiger partial charge < -0.3 is 4.57 Å². The molecule has 1 fully saturated rings. The molecule has 100 valence electrons. The molecule has 0 unspecified atom stereocenters. The van der Waals surface area contributed by atoms with E-state index in [4.69, 9.17) is 0 Å². The van der Waals surface area contributed by atoms with Gasteiger partial charge in [0.1, 0.15) is 0 Å². The molecule has 0 saturated carbocycles. The molecule has 1 aromatic heterocycles. The predicted octanol–water partition coefficient (Wildman–Crippen LogP) is 2.72. The zero-order chi connectivity index (χ0) is 13.2. The number of nitrogens with zero attached hydrogens (tertiary/aromatic N) is 2. The van der Waals surface area contributed by atoms with E-state index in [1.165, 1.54) is 19.3 Å². The van der Waals surface area contributed by atoms with Gasteiger partial charge >= 0.3 is 0 Å². The lowest BCUT2D eigenvalue weighted by Gasteiger charge is -2.38. The molecular weight excluding hydrogens is 224 g/mol. The van der Waals surface area contributed by atoms with E-state index in [-0.39, 0.29) is 5.78 Å². The average molecular weight is 248 g/mol. The number of ketones is 1. The number of piperidine rings is 1. The maximum Gasteiger partial charge on any atom is 0.178 e. The van der Waals surface area contributed by atoms with Crippen LogP contribution >= 0.6 is 0 Å². The lowest BCUT2D eigenvalue weighted by atomic mass is 9.78. The maximum absolute atomic E-state index is 12.1. The number of hydrogen-bond donors (Lipinski definition) is 0. The molecule has 0 N–H and O–H groups in total. The van der Waals surface area contributed by atoms with Crippen LogP contribution in [-0.2, 0) is 7.05 Å². The van der Waals surface area contributed by atoms with Gasteiger partial charge in [0.05, 0.1) is 6.54 Å². The van der Waals surface area contributed by atoms with Gasteiger partial charge in [-0.05, 0) is 37.4 Å². The van der Waals surface area contributed by atoms with E-state index in [1.807, 2.05) is 30.1 Å². The molecule has 18 heavy (non-hydrogen) atoms. The van der Waals surface area contributed by atoms with Gasteiger partial charge in [0.25, 0.3) is 0 Å². The summed E-state index contributed by atoms with van der Waals surface area (Å²) >= 11 is 0. The van der Waals surface area contributed by atoms with Crippen molar-refractivity contribution in [2.75, 3.05) is 19.6 Å². The quantitative estimate of drug-likeness (QED) is 0.766. The van der Waals surface area contributed by atoms with Crippen LogP contribution in [0, 0.1) is 5.41 Å². The number of rotatable bonds is 4. The first-order valence-corrected chi connectivity index (χ1v) is 6.90. The van der Waals surface area contributed by atoms with Crippen LogP contribution in [0.4, 0.5) is 0 Å². The van der Waals surface area contributed by atoms with E-state index in [9.17, 15) is 4.79 Å². The molecular formula is C15H24N2O. The standard InChI is InChI=1S/C15H24N2O/c1-4-15(2)6-9-17(10-7-15)12-14(18)13-5-8-16(3)11-13/h5,8,11H,4,6-7,9-10,12H2,1-3H3. The fourth-order valence-electron chi connectivity index (χ4n) is 2.57. The van der Waals surface area contributed by atoms with Gasteiger partial charge in [-0.25, -0.2) is 0 Å². The zero-order valence-electron chi connectivity index (χ0n) is 11.8. The minimum Gasteiger partial charge on any atom is -0.357 e. The molecule has 3 nitrogen and oxygen atoms in total. The third kappa shape index (κ3) is 3.02. The van der Waals surface area contributed by atoms with Crippen LogP contribution < -0.4 is 0 Å². The van der Waals surface area contributed by atoms with E-state index < -0.39 is 0 Å². The summed E-state index contributed by atoms with van der Waals surface area (Å²) in [5.41, 5.74) is 1.33. The Hall–Kier alpha value is -1.09. The molecule has 0 bridgehead atoms. The predicted molar refractivity (Wildman–Crippen MR) is 73.8 cm³/mol. The normalized spacial score (nSPS) is 19.9. The van der Waals surface area contributed by atoms with Crippen molar-refractivity contribution in [1.82, 2.24) is 9.47 Å². The zero-order valence-corrected chi connectivity index (χ0v) is 11.8. The molecule has 1 saturated heterocycles. The van der Waals surface area contributed by atoms with E-state index in [1.54, 1.807) is 0 Å². The first-order valence-electron chi connectivity index (χ1n) is 6.90. The molecule has 1 aromatic rings. The molecule has 2 heterocycles. The topological polar surface area (TPSA) is 25.2 Å². The smallest absolute Gasteiger partial charge is 0.178 e. The Morgan fingerprint density at radius 1 is 1.39 bits per heavy atom. The molecule has 2 rings (SSSR count). The van der Waals surface area contributed by atoms with Crippen LogP contribution in [0.1, 0.15) is 43.5 Å². The van der Waals surface area contributed by atoms with Gasteiger partial charge in [-0.1, -0.05) is 20.3 Å².